The van der Waals surface area contributed by atoms with Crippen LogP contribution < -0.4 is 10.2 Å². The highest BCUT2D eigenvalue weighted by Crippen LogP contribution is 2.50. The summed E-state index contributed by atoms with van der Waals surface area (Å²) in [5, 5.41) is 17.5. The maximum atomic E-state index is 13.9. The summed E-state index contributed by atoms with van der Waals surface area (Å²) >= 11 is 6.76. The minimum absolute atomic E-state index is 0.0165. The molecule has 0 saturated carbocycles. The van der Waals surface area contributed by atoms with E-state index in [-0.39, 0.29) is 61.5 Å². The number of alkyl halides is 12. The number of oxazole rings is 3. The second-order valence-corrected chi connectivity index (χ2v) is 15.3. The lowest BCUT2D eigenvalue weighted by molar-refractivity contribution is -0.143. The van der Waals surface area contributed by atoms with Gasteiger partial charge in [0.2, 0.25) is 0 Å². The molecule has 10 nitrogen and oxygen atoms in total. The molecule has 3 aromatic heterocycles. The predicted molar refractivity (Wildman–Crippen MR) is 215 cm³/mol. The summed E-state index contributed by atoms with van der Waals surface area (Å²) in [6.45, 7) is 2.79. The first-order valence-corrected chi connectivity index (χ1v) is 19.4. The Balaban J connectivity index is 0.000000182. The minimum Gasteiger partial charge on any atom is -0.443 e. The summed E-state index contributed by atoms with van der Waals surface area (Å²) in [4.78, 5) is 16.0. The molecule has 0 fully saturated rings. The SMILES string of the molecule is Brc1c2c(c(Br)c3ocnc13)N=[C+]O2.Cc1cc(C(F)(F)F)ccc1-c1c2ncoc2c(-c2ccc(C(F)(F)F)cc2C(F)(F)F)c2ncoc12.Cc1cc(C(F)(F)F)ccc1B(O)O. The third-order valence-corrected chi connectivity index (χ3v) is 11.1. The molecule has 0 aliphatic carbocycles. The molecule has 8 aromatic rings. The van der Waals surface area contributed by atoms with Crippen molar-refractivity contribution < 1.29 is 80.7 Å². The number of ether oxygens (including phenoxy) is 1. The number of rotatable bonds is 3. The molecular formula is C40H20BBr2F12N4O6+. The zero-order valence-electron chi connectivity index (χ0n) is 32.1. The highest BCUT2D eigenvalue weighted by Gasteiger charge is 2.40. The van der Waals surface area contributed by atoms with E-state index in [2.05, 4.69) is 58.2 Å². The molecule has 25 heteroatoms. The van der Waals surface area contributed by atoms with Crippen molar-refractivity contribution in [3.05, 3.63) is 116 Å². The normalized spacial score (nSPS) is 12.7. The van der Waals surface area contributed by atoms with Gasteiger partial charge in [-0.05, 0) is 97.6 Å². The number of halogens is 14. The number of benzene rings is 5. The molecule has 0 spiro atoms. The molecule has 2 N–H and O–H groups in total. The molecule has 0 saturated heterocycles. The molecule has 1 aliphatic rings. The van der Waals surface area contributed by atoms with Crippen molar-refractivity contribution in [3.63, 3.8) is 0 Å². The number of hydrogen-bond donors (Lipinski definition) is 2. The average molecular weight is 1050 g/mol. The third-order valence-electron chi connectivity index (χ3n) is 9.58. The lowest BCUT2D eigenvalue weighted by Gasteiger charge is -2.17. The molecule has 1 aliphatic heterocycles. The van der Waals surface area contributed by atoms with Crippen LogP contribution in [0.2, 0.25) is 0 Å². The Morgan fingerprint density at radius 1 is 0.554 bits per heavy atom. The highest BCUT2D eigenvalue weighted by atomic mass is 79.9. The molecule has 0 radical (unpaired) electrons. The van der Waals surface area contributed by atoms with E-state index in [0.29, 0.717) is 34.7 Å². The number of nitrogens with zero attached hydrogens (tertiary/aromatic N) is 4. The summed E-state index contributed by atoms with van der Waals surface area (Å²) in [5.41, 5.74) is -3.72. The largest absolute Gasteiger partial charge is 0.488 e. The number of aliphatic imine (C=N–C) groups is 1. The summed E-state index contributed by atoms with van der Waals surface area (Å²) < 4.78 is 180. The van der Waals surface area contributed by atoms with E-state index < -0.39 is 59.6 Å². The maximum Gasteiger partial charge on any atom is 0.488 e. The molecule has 9 rings (SSSR count). The van der Waals surface area contributed by atoms with E-state index >= 15 is 0 Å². The Kier molecular flexibility index (Phi) is 12.3. The zero-order chi connectivity index (χ0) is 47.6. The molecule has 0 bridgehead atoms. The van der Waals surface area contributed by atoms with Crippen LogP contribution in [0.15, 0.2) is 101 Å². The third kappa shape index (κ3) is 9.15. The highest BCUT2D eigenvalue weighted by molar-refractivity contribution is 9.11. The van der Waals surface area contributed by atoms with Crippen LogP contribution in [0.1, 0.15) is 33.4 Å². The van der Waals surface area contributed by atoms with E-state index in [4.69, 9.17) is 28.0 Å². The van der Waals surface area contributed by atoms with Crippen LogP contribution in [0, 0.1) is 13.8 Å². The van der Waals surface area contributed by atoms with Crippen molar-refractivity contribution in [2.24, 2.45) is 4.99 Å². The second-order valence-electron chi connectivity index (χ2n) is 13.7. The quantitative estimate of drug-likeness (QED) is 0.101. The van der Waals surface area contributed by atoms with Crippen molar-refractivity contribution in [2.75, 3.05) is 0 Å². The molecule has 336 valence electrons. The predicted octanol–water partition coefficient (Wildman–Crippen LogP) is 12.6. The summed E-state index contributed by atoms with van der Waals surface area (Å²) in [6, 6.07) is 6.75. The van der Waals surface area contributed by atoms with Crippen LogP contribution in [0.5, 0.6) is 5.75 Å². The molecule has 0 amide bonds. The summed E-state index contributed by atoms with van der Waals surface area (Å²) in [5.74, 6) is 0.610. The monoisotopic (exact) mass is 1050 g/mol. The van der Waals surface area contributed by atoms with Crippen LogP contribution >= 0.6 is 31.9 Å². The first-order chi connectivity index (χ1) is 30.3. The maximum absolute atomic E-state index is 13.9. The fraction of sp³-hybridized carbons (Fsp3) is 0.150. The van der Waals surface area contributed by atoms with E-state index in [1.54, 1.807) is 0 Å². The van der Waals surface area contributed by atoms with Gasteiger partial charge < -0.3 is 23.3 Å². The smallest absolute Gasteiger partial charge is 0.443 e. The van der Waals surface area contributed by atoms with Gasteiger partial charge in [-0.3, -0.25) is 0 Å². The van der Waals surface area contributed by atoms with Crippen LogP contribution in [0.4, 0.5) is 58.4 Å². The van der Waals surface area contributed by atoms with Gasteiger partial charge in [-0.15, -0.1) is 0 Å². The van der Waals surface area contributed by atoms with Crippen LogP contribution in [0.3, 0.4) is 0 Å². The van der Waals surface area contributed by atoms with Gasteiger partial charge in [-0.2, -0.15) is 52.7 Å². The second kappa shape index (κ2) is 17.1. The Morgan fingerprint density at radius 2 is 1.02 bits per heavy atom. The average Bonchev–Trinajstić information content (AvgIpc) is 4.06. The van der Waals surface area contributed by atoms with Gasteiger partial charge in [0.05, 0.1) is 33.4 Å². The standard InChI is InChI=1S/C24H11F9N2O2.C8H8BF3O2.C8HBr2N2O2/c1-10-6-11(22(25,26)27)2-4-13(10)16-18-21(37-8-34-18)17(19-20(16)36-9-35-19)14-5-3-12(23(28,29)30)7-15(14)24(31,32)33;1-5-4-6(8(10,11)12)2-3-7(5)9(13)14;9-3-5-7(13-1-11-5)4(10)6-8(3)14-2-12-6/h2-9H,1H3;2-4,13-14H,1H3;1H/q;;+1. The van der Waals surface area contributed by atoms with Crippen LogP contribution in [-0.4, -0.2) is 38.5 Å². The van der Waals surface area contributed by atoms with Crippen molar-refractivity contribution in [1.82, 2.24) is 15.0 Å². The van der Waals surface area contributed by atoms with E-state index in [9.17, 15) is 52.7 Å². The molecule has 0 atom stereocenters. The lowest BCUT2D eigenvalue weighted by Crippen LogP contribution is -2.32. The number of fused-ring (bicyclic) bond motifs is 4. The van der Waals surface area contributed by atoms with Gasteiger partial charge in [0.15, 0.2) is 44.9 Å². The van der Waals surface area contributed by atoms with Crippen molar-refractivity contribution in [1.29, 1.82) is 0 Å². The molecule has 5 aromatic carbocycles. The summed E-state index contributed by atoms with van der Waals surface area (Å²) in [7, 11) is -1.74. The number of aromatic nitrogens is 3. The number of hydrogen-bond acceptors (Lipinski definition) is 10. The fourth-order valence-electron chi connectivity index (χ4n) is 6.64. The summed E-state index contributed by atoms with van der Waals surface area (Å²) in [6.07, 6.45) is -13.6. The van der Waals surface area contributed by atoms with Gasteiger partial charge >= 0.3 is 44.0 Å². The first kappa shape index (κ1) is 47.0. The van der Waals surface area contributed by atoms with Gasteiger partial charge in [0, 0.05) is 5.56 Å². The molecule has 4 heterocycles. The van der Waals surface area contributed by atoms with Crippen molar-refractivity contribution >= 4 is 89.8 Å². The minimum atomic E-state index is -5.19. The van der Waals surface area contributed by atoms with Gasteiger partial charge in [0.25, 0.3) is 5.69 Å². The van der Waals surface area contributed by atoms with Crippen molar-refractivity contribution in [2.45, 2.75) is 38.6 Å². The van der Waals surface area contributed by atoms with Crippen molar-refractivity contribution in [3.8, 4) is 28.0 Å². The Hall–Kier alpha value is -6.01. The Labute approximate surface area is 372 Å². The van der Waals surface area contributed by atoms with Gasteiger partial charge in [-0.1, -0.05) is 29.8 Å². The van der Waals surface area contributed by atoms with E-state index in [1.165, 1.54) is 20.2 Å². The topological polar surface area (TPSA) is 140 Å². The van der Waals surface area contributed by atoms with Gasteiger partial charge in [0.1, 0.15) is 16.6 Å². The Morgan fingerprint density at radius 3 is 1.51 bits per heavy atom. The first-order valence-electron chi connectivity index (χ1n) is 17.8. The number of aryl methyl sites for hydroxylation is 2. The zero-order valence-corrected chi connectivity index (χ0v) is 35.3. The van der Waals surface area contributed by atoms with Crippen LogP contribution in [0.25, 0.3) is 55.6 Å². The lowest BCUT2D eigenvalue weighted by atomic mass is 9.77. The van der Waals surface area contributed by atoms with E-state index in [1.807, 2.05) is 0 Å². The fourth-order valence-corrected chi connectivity index (χ4v) is 7.74. The van der Waals surface area contributed by atoms with E-state index in [0.717, 1.165) is 58.1 Å². The molecular weight excluding hydrogens is 1030 g/mol. The van der Waals surface area contributed by atoms with Gasteiger partial charge in [-0.25, -0.2) is 19.7 Å². The molecule has 0 unspecified atom stereocenters. The molecule has 65 heavy (non-hydrogen) atoms. The Bertz CT molecular complexity index is 3090. The van der Waals surface area contributed by atoms with Crippen LogP contribution in [-0.2, 0) is 24.7 Å².